The molecule has 1 aliphatic carbocycles. The summed E-state index contributed by atoms with van der Waals surface area (Å²) in [5.41, 5.74) is 0.118. The van der Waals surface area contributed by atoms with Crippen LogP contribution in [0.5, 0.6) is 0 Å². The monoisotopic (exact) mass is 525 g/mol. The van der Waals surface area contributed by atoms with Crippen LogP contribution in [0.1, 0.15) is 33.1 Å². The van der Waals surface area contributed by atoms with Crippen LogP contribution in [0, 0.1) is 5.41 Å². The van der Waals surface area contributed by atoms with E-state index in [4.69, 9.17) is 9.47 Å². The summed E-state index contributed by atoms with van der Waals surface area (Å²) in [5, 5.41) is 7.01. The summed E-state index contributed by atoms with van der Waals surface area (Å²) in [4.78, 5) is 20.5. The van der Waals surface area contributed by atoms with Gasteiger partial charge in [-0.15, -0.1) is 24.0 Å². The number of methoxy groups -OCH3 is 1. The van der Waals surface area contributed by atoms with Crippen molar-refractivity contribution in [3.63, 3.8) is 0 Å². The molecule has 8 nitrogen and oxygen atoms in total. The second-order valence-corrected chi connectivity index (χ2v) is 7.93. The average molecular weight is 525 g/mol. The smallest absolute Gasteiger partial charge is 0.243 e. The molecule has 1 heterocycles. The maximum atomic E-state index is 12.0. The van der Waals surface area contributed by atoms with Gasteiger partial charge in [0, 0.05) is 58.8 Å². The van der Waals surface area contributed by atoms with Gasteiger partial charge in [-0.05, 0) is 19.3 Å². The van der Waals surface area contributed by atoms with Crippen LogP contribution >= 0.6 is 24.0 Å². The zero-order valence-corrected chi connectivity index (χ0v) is 21.0. The summed E-state index contributed by atoms with van der Waals surface area (Å²) in [6, 6.07) is 0.302. The lowest BCUT2D eigenvalue weighted by atomic mass is 9.58. The van der Waals surface area contributed by atoms with E-state index in [9.17, 15) is 4.79 Å². The zero-order valence-electron chi connectivity index (χ0n) is 18.7. The lowest BCUT2D eigenvalue weighted by Gasteiger charge is -2.55. The third-order valence-corrected chi connectivity index (χ3v) is 6.39. The number of guanidine groups is 1. The van der Waals surface area contributed by atoms with E-state index in [1.807, 2.05) is 0 Å². The Balaban J connectivity index is 0.00000420. The van der Waals surface area contributed by atoms with Crippen LogP contribution in [-0.4, -0.2) is 101 Å². The predicted octanol–water partition coefficient (Wildman–Crippen LogP) is 1.15. The Morgan fingerprint density at radius 3 is 2.48 bits per heavy atom. The van der Waals surface area contributed by atoms with Gasteiger partial charge in [0.15, 0.2) is 5.96 Å². The number of hydrogen-bond donors (Lipinski definition) is 2. The maximum absolute atomic E-state index is 12.0. The summed E-state index contributed by atoms with van der Waals surface area (Å²) in [6.07, 6.45) is 3.34. The van der Waals surface area contributed by atoms with Crippen molar-refractivity contribution in [2.45, 2.75) is 45.3 Å². The molecule has 2 unspecified atom stereocenters. The SMILES string of the molecule is CCC1(CC)C(NC(=NCC(=O)N(C)C)NCCN2CCOCC2)CC1OC.I. The van der Waals surface area contributed by atoms with E-state index in [0.29, 0.717) is 12.0 Å². The van der Waals surface area contributed by atoms with Crippen LogP contribution < -0.4 is 10.6 Å². The maximum Gasteiger partial charge on any atom is 0.243 e. The number of ether oxygens (including phenoxy) is 2. The standard InChI is InChI=1S/C20H39N5O3.HI/c1-6-20(7-2)16(14-17(20)27-5)23-19(22-15-18(26)24(3)4)21-8-9-25-10-12-28-13-11-25;/h16-17H,6-15H2,1-5H3,(H2,21,22,23);1H. The van der Waals surface area contributed by atoms with E-state index in [1.165, 1.54) is 0 Å². The van der Waals surface area contributed by atoms with Crippen LogP contribution in [0.3, 0.4) is 0 Å². The summed E-state index contributed by atoms with van der Waals surface area (Å²) in [6.45, 7) is 9.84. The van der Waals surface area contributed by atoms with Crippen molar-refractivity contribution in [3.8, 4) is 0 Å². The van der Waals surface area contributed by atoms with Gasteiger partial charge in [0.2, 0.25) is 5.91 Å². The number of morpholine rings is 1. The summed E-state index contributed by atoms with van der Waals surface area (Å²) < 4.78 is 11.1. The highest BCUT2D eigenvalue weighted by molar-refractivity contribution is 14.0. The fourth-order valence-corrected chi connectivity index (χ4v) is 4.24. The van der Waals surface area contributed by atoms with Gasteiger partial charge >= 0.3 is 0 Å². The van der Waals surface area contributed by atoms with Crippen molar-refractivity contribution in [2.75, 3.05) is 67.1 Å². The Kier molecular flexibility index (Phi) is 11.7. The summed E-state index contributed by atoms with van der Waals surface area (Å²) in [5.74, 6) is 0.712. The lowest BCUT2D eigenvalue weighted by molar-refractivity contribution is -0.127. The van der Waals surface area contributed by atoms with E-state index in [1.54, 1.807) is 26.1 Å². The molecule has 1 aliphatic heterocycles. The van der Waals surface area contributed by atoms with Gasteiger partial charge < -0.3 is 25.0 Å². The molecule has 0 aromatic rings. The van der Waals surface area contributed by atoms with Gasteiger partial charge in [-0.3, -0.25) is 9.69 Å². The van der Waals surface area contributed by atoms with E-state index in [2.05, 4.69) is 34.4 Å². The van der Waals surface area contributed by atoms with Crippen molar-refractivity contribution >= 4 is 35.8 Å². The van der Waals surface area contributed by atoms with E-state index >= 15 is 0 Å². The molecular weight excluding hydrogens is 485 g/mol. The third-order valence-electron chi connectivity index (χ3n) is 6.39. The highest BCUT2D eigenvalue weighted by atomic mass is 127. The van der Waals surface area contributed by atoms with Crippen LogP contribution in [0.25, 0.3) is 0 Å². The number of carbonyl (C=O) groups excluding carboxylic acids is 1. The number of amides is 1. The van der Waals surface area contributed by atoms with Gasteiger partial charge in [0.1, 0.15) is 6.54 Å². The van der Waals surface area contributed by atoms with Gasteiger partial charge in [0.25, 0.3) is 0 Å². The molecular formula is C20H40IN5O3. The number of rotatable bonds is 9. The molecule has 0 aromatic carbocycles. The first-order chi connectivity index (χ1) is 13.5. The molecule has 9 heteroatoms. The van der Waals surface area contributed by atoms with Crippen molar-refractivity contribution < 1.29 is 14.3 Å². The highest BCUT2D eigenvalue weighted by Gasteiger charge is 2.53. The number of hydrogen-bond acceptors (Lipinski definition) is 5. The number of nitrogens with one attached hydrogen (secondary N) is 2. The van der Waals surface area contributed by atoms with Crippen LogP contribution in [0.15, 0.2) is 4.99 Å². The molecule has 0 spiro atoms. The summed E-state index contributed by atoms with van der Waals surface area (Å²) in [7, 11) is 5.31. The van der Waals surface area contributed by atoms with Crippen molar-refractivity contribution in [2.24, 2.45) is 10.4 Å². The topological polar surface area (TPSA) is 78.4 Å². The molecule has 1 saturated heterocycles. The molecule has 2 aliphatic rings. The normalized spacial score (nSPS) is 24.2. The Morgan fingerprint density at radius 2 is 1.93 bits per heavy atom. The van der Waals surface area contributed by atoms with Crippen LogP contribution in [0.2, 0.25) is 0 Å². The Morgan fingerprint density at radius 1 is 1.28 bits per heavy atom. The number of aliphatic imine (C=N–C) groups is 1. The molecule has 29 heavy (non-hydrogen) atoms. The predicted molar refractivity (Wildman–Crippen MR) is 127 cm³/mol. The van der Waals surface area contributed by atoms with E-state index in [-0.39, 0.29) is 47.9 Å². The van der Waals surface area contributed by atoms with Gasteiger partial charge in [-0.2, -0.15) is 0 Å². The van der Waals surface area contributed by atoms with E-state index < -0.39 is 0 Å². The first-order valence-electron chi connectivity index (χ1n) is 10.5. The number of nitrogens with zero attached hydrogens (tertiary/aromatic N) is 3. The molecule has 2 rings (SSSR count). The molecule has 2 atom stereocenters. The van der Waals surface area contributed by atoms with E-state index in [0.717, 1.165) is 58.7 Å². The van der Waals surface area contributed by atoms with Crippen LogP contribution in [0.4, 0.5) is 0 Å². The van der Waals surface area contributed by atoms with Crippen molar-refractivity contribution in [3.05, 3.63) is 0 Å². The largest absolute Gasteiger partial charge is 0.381 e. The molecule has 1 saturated carbocycles. The molecule has 0 radical (unpaired) electrons. The highest BCUT2D eigenvalue weighted by Crippen LogP contribution is 2.48. The molecule has 170 valence electrons. The van der Waals surface area contributed by atoms with Crippen molar-refractivity contribution in [1.82, 2.24) is 20.4 Å². The number of carbonyl (C=O) groups is 1. The first kappa shape index (κ1) is 26.4. The Bertz CT molecular complexity index is 522. The van der Waals surface area contributed by atoms with Gasteiger partial charge in [-0.1, -0.05) is 13.8 Å². The minimum absolute atomic E-state index is 0. The average Bonchev–Trinajstić information content (AvgIpc) is 2.69. The fraction of sp³-hybridized carbons (Fsp3) is 0.900. The van der Waals surface area contributed by atoms with Crippen LogP contribution in [-0.2, 0) is 14.3 Å². The second-order valence-electron chi connectivity index (χ2n) is 7.93. The molecule has 2 fully saturated rings. The van der Waals surface area contributed by atoms with Gasteiger partial charge in [0.05, 0.1) is 19.3 Å². The minimum Gasteiger partial charge on any atom is -0.381 e. The molecule has 0 aromatic heterocycles. The summed E-state index contributed by atoms with van der Waals surface area (Å²) >= 11 is 0. The second kappa shape index (κ2) is 12.9. The fourth-order valence-electron chi connectivity index (χ4n) is 4.24. The Hall–Kier alpha value is -0.650. The minimum atomic E-state index is -0.00472. The number of halogens is 1. The first-order valence-corrected chi connectivity index (χ1v) is 10.5. The zero-order chi connectivity index (χ0) is 20.6. The van der Waals surface area contributed by atoms with Crippen molar-refractivity contribution in [1.29, 1.82) is 0 Å². The quantitative estimate of drug-likeness (QED) is 0.267. The third kappa shape index (κ3) is 6.93. The molecule has 0 bridgehead atoms. The van der Waals surface area contributed by atoms with Gasteiger partial charge in [-0.25, -0.2) is 4.99 Å². The number of likely N-dealkylation sites (N-methyl/N-ethyl adjacent to an activating group) is 1. The lowest BCUT2D eigenvalue weighted by Crippen LogP contribution is -2.65. The Labute approximate surface area is 193 Å². The molecule has 1 amide bonds. The molecule has 2 N–H and O–H groups in total.